The second-order valence-electron chi connectivity index (χ2n) is 10.5. The number of benzene rings is 2. The Kier molecular flexibility index (Phi) is 7.88. The quantitative estimate of drug-likeness (QED) is 0.431. The Morgan fingerprint density at radius 3 is 1.76 bits per heavy atom. The molecule has 1 unspecified atom stereocenters. The average molecular weight is 486 g/mol. The molecule has 34 heavy (non-hydrogen) atoms. The van der Waals surface area contributed by atoms with Crippen molar-refractivity contribution in [3.63, 3.8) is 0 Å². The van der Waals surface area contributed by atoms with Crippen LogP contribution >= 0.6 is 0 Å². The first-order valence-electron chi connectivity index (χ1n) is 12.6. The molecule has 0 bridgehead atoms. The van der Waals surface area contributed by atoms with Gasteiger partial charge in [0.15, 0.2) is 0 Å². The molecule has 2 aromatic rings. The van der Waals surface area contributed by atoms with Crippen LogP contribution in [-0.2, 0) is 8.85 Å². The summed E-state index contributed by atoms with van der Waals surface area (Å²) in [5.41, 5.74) is 10.6. The van der Waals surface area contributed by atoms with Gasteiger partial charge >= 0.3 is 207 Å². The normalized spacial score (nSPS) is 17.8. The fourth-order valence-corrected chi connectivity index (χ4v) is 8.51. The molecule has 1 fully saturated rings. The van der Waals surface area contributed by atoms with Crippen molar-refractivity contribution < 1.29 is 13.6 Å². The molecule has 0 radical (unpaired) electrons. The van der Waals surface area contributed by atoms with Crippen molar-refractivity contribution >= 4 is 19.5 Å². The summed E-state index contributed by atoms with van der Waals surface area (Å²) < 4.78 is 11.3. The predicted octanol–water partition coefficient (Wildman–Crippen LogP) is 6.17. The number of anilines is 2. The SMILES string of the molecule is CC[Si-](O)(CCCC1CN(c2c(C)cc(C)cc2C)CN1c1c(C)cc(C)cc1C)(OC)OC. The first-order chi connectivity index (χ1) is 15.9. The monoisotopic (exact) mass is 485 g/mol. The third-order valence-electron chi connectivity index (χ3n) is 7.90. The third kappa shape index (κ3) is 5.20. The van der Waals surface area contributed by atoms with Crippen LogP contribution in [0.15, 0.2) is 24.3 Å². The summed E-state index contributed by atoms with van der Waals surface area (Å²) >= 11 is 0. The third-order valence-corrected chi connectivity index (χ3v) is 12.5. The first-order valence-corrected chi connectivity index (χ1v) is 15.3. The number of hydrogen-bond donors (Lipinski definition) is 1. The second kappa shape index (κ2) is 10.0. The Morgan fingerprint density at radius 1 is 0.853 bits per heavy atom. The standard InChI is InChI=1S/C28H45N2O3Si/c1-10-34(31,32-8,33-9)13-11-12-26-18-29(27-22(4)14-20(2)15-23(27)5)19-30(26)28-24(6)16-21(3)17-25(28)7/h14-17,26,31H,10-13,18-19H2,1-9H3/q-1. The molecule has 0 saturated carbocycles. The van der Waals surface area contributed by atoms with E-state index in [1.54, 1.807) is 14.2 Å². The van der Waals surface area contributed by atoms with E-state index in [0.29, 0.717) is 18.1 Å². The number of aryl methyl sites for hydroxylation is 6. The van der Waals surface area contributed by atoms with E-state index in [1.165, 1.54) is 44.8 Å². The van der Waals surface area contributed by atoms with Crippen LogP contribution in [-0.4, -0.2) is 46.4 Å². The van der Waals surface area contributed by atoms with Gasteiger partial charge in [0.05, 0.1) is 0 Å². The summed E-state index contributed by atoms with van der Waals surface area (Å²) in [6.45, 7) is 17.0. The molecule has 1 aliphatic heterocycles. The predicted molar refractivity (Wildman–Crippen MR) is 146 cm³/mol. The summed E-state index contributed by atoms with van der Waals surface area (Å²) in [4.78, 5) is 16.4. The molecule has 1 saturated heterocycles. The van der Waals surface area contributed by atoms with E-state index in [0.717, 1.165) is 26.1 Å². The van der Waals surface area contributed by atoms with E-state index >= 15 is 0 Å². The van der Waals surface area contributed by atoms with Crippen molar-refractivity contribution in [2.45, 2.75) is 79.4 Å². The van der Waals surface area contributed by atoms with Gasteiger partial charge in [0, 0.05) is 0 Å². The summed E-state index contributed by atoms with van der Waals surface area (Å²) in [6.07, 6.45) is 1.84. The Labute approximate surface area is 207 Å². The van der Waals surface area contributed by atoms with E-state index in [9.17, 15) is 4.80 Å². The molecular weight excluding hydrogens is 440 g/mol. The van der Waals surface area contributed by atoms with Crippen molar-refractivity contribution in [3.05, 3.63) is 57.6 Å². The molecule has 190 valence electrons. The zero-order valence-electron chi connectivity index (χ0n) is 22.8. The molecule has 2 aromatic carbocycles. The Balaban J connectivity index is 1.93. The van der Waals surface area contributed by atoms with E-state index in [4.69, 9.17) is 8.85 Å². The summed E-state index contributed by atoms with van der Waals surface area (Å²) in [5, 5.41) is 0. The van der Waals surface area contributed by atoms with Gasteiger partial charge < -0.3 is 0 Å². The van der Waals surface area contributed by atoms with Crippen LogP contribution in [0, 0.1) is 41.5 Å². The molecule has 1 atom stereocenters. The topological polar surface area (TPSA) is 45.2 Å². The van der Waals surface area contributed by atoms with E-state index in [1.807, 2.05) is 6.92 Å². The average Bonchev–Trinajstić information content (AvgIpc) is 3.15. The number of rotatable bonds is 9. The maximum atomic E-state index is 11.3. The number of nitrogens with zero attached hydrogens (tertiary/aromatic N) is 2. The minimum atomic E-state index is -3.82. The zero-order chi connectivity index (χ0) is 25.3. The molecule has 0 aliphatic carbocycles. The van der Waals surface area contributed by atoms with Crippen LogP contribution in [0.3, 0.4) is 0 Å². The molecule has 0 spiro atoms. The Morgan fingerprint density at radius 2 is 1.32 bits per heavy atom. The van der Waals surface area contributed by atoms with Gasteiger partial charge in [0.1, 0.15) is 0 Å². The fourth-order valence-electron chi connectivity index (χ4n) is 6.11. The number of hydrogen-bond acceptors (Lipinski definition) is 5. The molecule has 1 aliphatic rings. The summed E-state index contributed by atoms with van der Waals surface area (Å²) in [7, 11) is -0.636. The molecule has 0 aromatic heterocycles. The summed E-state index contributed by atoms with van der Waals surface area (Å²) in [6, 6.07) is 10.6. The van der Waals surface area contributed by atoms with Gasteiger partial charge in [-0.3, -0.25) is 0 Å². The molecule has 1 heterocycles. The molecular formula is C28H45N2O3Si-. The van der Waals surface area contributed by atoms with Gasteiger partial charge in [0.25, 0.3) is 0 Å². The van der Waals surface area contributed by atoms with Gasteiger partial charge in [0.2, 0.25) is 0 Å². The Hall–Kier alpha value is -1.86. The Bertz CT molecular complexity index is 977. The van der Waals surface area contributed by atoms with Crippen LogP contribution < -0.4 is 9.80 Å². The van der Waals surface area contributed by atoms with Gasteiger partial charge in [-0.1, -0.05) is 0 Å². The molecule has 3 rings (SSSR count). The van der Waals surface area contributed by atoms with E-state index in [-0.39, 0.29) is 0 Å². The fraction of sp³-hybridized carbons (Fsp3) is 0.571. The first kappa shape index (κ1) is 26.7. The van der Waals surface area contributed by atoms with Crippen molar-refractivity contribution in [3.8, 4) is 0 Å². The van der Waals surface area contributed by atoms with E-state index in [2.05, 4.69) is 75.6 Å². The van der Waals surface area contributed by atoms with Crippen LogP contribution in [0.4, 0.5) is 11.4 Å². The van der Waals surface area contributed by atoms with Crippen LogP contribution in [0.2, 0.25) is 12.1 Å². The van der Waals surface area contributed by atoms with Gasteiger partial charge in [-0.2, -0.15) is 0 Å². The van der Waals surface area contributed by atoms with Gasteiger partial charge in [-0.15, -0.1) is 0 Å². The second-order valence-corrected chi connectivity index (χ2v) is 15.4. The van der Waals surface area contributed by atoms with Gasteiger partial charge in [-0.25, -0.2) is 0 Å². The molecule has 1 N–H and O–H groups in total. The molecule has 0 amide bonds. The van der Waals surface area contributed by atoms with Crippen LogP contribution in [0.5, 0.6) is 0 Å². The van der Waals surface area contributed by atoms with Crippen LogP contribution in [0.25, 0.3) is 0 Å². The minimum absolute atomic E-state index is 0.350. The van der Waals surface area contributed by atoms with E-state index < -0.39 is 8.08 Å². The molecule has 6 heteroatoms. The van der Waals surface area contributed by atoms with Gasteiger partial charge in [-0.05, 0) is 0 Å². The van der Waals surface area contributed by atoms with Crippen molar-refractivity contribution in [1.29, 1.82) is 0 Å². The maximum absolute atomic E-state index is 11.3. The summed E-state index contributed by atoms with van der Waals surface area (Å²) in [5.74, 6) is 0. The van der Waals surface area contributed by atoms with Crippen LogP contribution in [0.1, 0.15) is 53.1 Å². The molecule has 5 nitrogen and oxygen atoms in total. The van der Waals surface area contributed by atoms with Crippen molar-refractivity contribution in [2.24, 2.45) is 0 Å². The van der Waals surface area contributed by atoms with Crippen molar-refractivity contribution in [1.82, 2.24) is 0 Å². The van der Waals surface area contributed by atoms with Crippen molar-refractivity contribution in [2.75, 3.05) is 37.2 Å². The zero-order valence-corrected chi connectivity index (χ0v) is 23.8.